The Labute approximate surface area is 86.8 Å². The summed E-state index contributed by atoms with van der Waals surface area (Å²) in [4.78, 5) is 2.57. The standard InChI is InChI=1S/C11H22N2O/c1-11(2)9-12-5-6-13(11)8-10-4-3-7-14-10/h10,12H,3-9H2,1-2H3. The second-order valence-electron chi connectivity index (χ2n) is 5.07. The molecule has 3 heteroatoms. The van der Waals surface area contributed by atoms with Gasteiger partial charge in [0.05, 0.1) is 6.10 Å². The van der Waals surface area contributed by atoms with Crippen molar-refractivity contribution in [1.29, 1.82) is 0 Å². The van der Waals surface area contributed by atoms with E-state index in [1.807, 2.05) is 0 Å². The lowest BCUT2D eigenvalue weighted by Gasteiger charge is -2.43. The third-order valence-corrected chi connectivity index (χ3v) is 3.42. The van der Waals surface area contributed by atoms with Gasteiger partial charge < -0.3 is 10.1 Å². The van der Waals surface area contributed by atoms with Crippen LogP contribution in [0, 0.1) is 0 Å². The summed E-state index contributed by atoms with van der Waals surface area (Å²) in [5.41, 5.74) is 0.296. The molecule has 1 atom stereocenters. The highest BCUT2D eigenvalue weighted by atomic mass is 16.5. The van der Waals surface area contributed by atoms with E-state index in [2.05, 4.69) is 24.1 Å². The van der Waals surface area contributed by atoms with Crippen LogP contribution in [0.2, 0.25) is 0 Å². The van der Waals surface area contributed by atoms with E-state index in [1.54, 1.807) is 0 Å². The summed E-state index contributed by atoms with van der Waals surface area (Å²) < 4.78 is 5.69. The van der Waals surface area contributed by atoms with Crippen LogP contribution in [0.15, 0.2) is 0 Å². The van der Waals surface area contributed by atoms with Gasteiger partial charge in [-0.1, -0.05) is 0 Å². The monoisotopic (exact) mass is 198 g/mol. The average molecular weight is 198 g/mol. The Kier molecular flexibility index (Phi) is 3.10. The van der Waals surface area contributed by atoms with Gasteiger partial charge in [-0.2, -0.15) is 0 Å². The molecule has 0 spiro atoms. The zero-order chi connectivity index (χ0) is 10.0. The molecule has 2 rings (SSSR count). The molecule has 1 N–H and O–H groups in total. The fourth-order valence-electron chi connectivity index (χ4n) is 2.40. The minimum Gasteiger partial charge on any atom is -0.377 e. The van der Waals surface area contributed by atoms with Crippen LogP contribution in [0.5, 0.6) is 0 Å². The molecule has 2 fully saturated rings. The first-order chi connectivity index (χ1) is 6.68. The summed E-state index contributed by atoms with van der Waals surface area (Å²) in [6, 6.07) is 0. The Morgan fingerprint density at radius 1 is 1.50 bits per heavy atom. The van der Waals surface area contributed by atoms with E-state index >= 15 is 0 Å². The van der Waals surface area contributed by atoms with Crippen molar-refractivity contribution in [1.82, 2.24) is 10.2 Å². The molecule has 0 aromatic heterocycles. The van der Waals surface area contributed by atoms with Crippen molar-refractivity contribution in [2.75, 3.05) is 32.8 Å². The lowest BCUT2D eigenvalue weighted by molar-refractivity contribution is 0.0198. The topological polar surface area (TPSA) is 24.5 Å². The zero-order valence-electron chi connectivity index (χ0n) is 9.38. The van der Waals surface area contributed by atoms with E-state index in [0.717, 1.165) is 32.8 Å². The number of ether oxygens (including phenoxy) is 1. The van der Waals surface area contributed by atoms with Crippen LogP contribution in [0.3, 0.4) is 0 Å². The van der Waals surface area contributed by atoms with Crippen LogP contribution in [0.4, 0.5) is 0 Å². The summed E-state index contributed by atoms with van der Waals surface area (Å²) in [5, 5.41) is 3.45. The Balaban J connectivity index is 1.88. The first-order valence-electron chi connectivity index (χ1n) is 5.76. The average Bonchev–Trinajstić information content (AvgIpc) is 2.61. The predicted molar refractivity (Wildman–Crippen MR) is 57.5 cm³/mol. The van der Waals surface area contributed by atoms with Gasteiger partial charge in [0.25, 0.3) is 0 Å². The van der Waals surface area contributed by atoms with Crippen LogP contribution < -0.4 is 5.32 Å². The zero-order valence-corrected chi connectivity index (χ0v) is 9.38. The summed E-state index contributed by atoms with van der Waals surface area (Å²) >= 11 is 0. The van der Waals surface area contributed by atoms with Crippen LogP contribution >= 0.6 is 0 Å². The van der Waals surface area contributed by atoms with Gasteiger partial charge >= 0.3 is 0 Å². The molecule has 0 amide bonds. The van der Waals surface area contributed by atoms with E-state index < -0.39 is 0 Å². The summed E-state index contributed by atoms with van der Waals surface area (Å²) in [5.74, 6) is 0. The molecule has 0 radical (unpaired) electrons. The fraction of sp³-hybridized carbons (Fsp3) is 1.00. The lowest BCUT2D eigenvalue weighted by Crippen LogP contribution is -2.59. The Bertz CT molecular complexity index is 188. The van der Waals surface area contributed by atoms with Crippen molar-refractivity contribution < 1.29 is 4.74 Å². The van der Waals surface area contributed by atoms with Gasteiger partial charge in [0.15, 0.2) is 0 Å². The molecular formula is C11H22N2O. The smallest absolute Gasteiger partial charge is 0.0703 e. The van der Waals surface area contributed by atoms with E-state index in [0.29, 0.717) is 11.6 Å². The van der Waals surface area contributed by atoms with Crippen LogP contribution in [-0.2, 0) is 4.74 Å². The van der Waals surface area contributed by atoms with Gasteiger partial charge in [0, 0.05) is 38.3 Å². The van der Waals surface area contributed by atoms with Gasteiger partial charge in [-0.3, -0.25) is 4.90 Å². The van der Waals surface area contributed by atoms with Crippen molar-refractivity contribution in [3.8, 4) is 0 Å². The molecule has 0 aliphatic carbocycles. The van der Waals surface area contributed by atoms with Gasteiger partial charge in [-0.25, -0.2) is 0 Å². The number of nitrogens with zero attached hydrogens (tertiary/aromatic N) is 1. The van der Waals surface area contributed by atoms with Gasteiger partial charge in [0.1, 0.15) is 0 Å². The second kappa shape index (κ2) is 4.17. The normalized spacial score (nSPS) is 33.4. The molecule has 2 saturated heterocycles. The first-order valence-corrected chi connectivity index (χ1v) is 5.76. The van der Waals surface area contributed by atoms with Crippen LogP contribution in [-0.4, -0.2) is 49.3 Å². The molecule has 0 aromatic carbocycles. The van der Waals surface area contributed by atoms with Crippen molar-refractivity contribution >= 4 is 0 Å². The highest BCUT2D eigenvalue weighted by Gasteiger charge is 2.31. The molecule has 2 aliphatic heterocycles. The van der Waals surface area contributed by atoms with Crippen molar-refractivity contribution in [2.24, 2.45) is 0 Å². The molecule has 82 valence electrons. The third kappa shape index (κ3) is 2.27. The molecule has 0 bridgehead atoms. The maximum atomic E-state index is 5.69. The molecule has 3 nitrogen and oxygen atoms in total. The fourth-order valence-corrected chi connectivity index (χ4v) is 2.40. The van der Waals surface area contributed by atoms with Crippen molar-refractivity contribution in [3.63, 3.8) is 0 Å². The summed E-state index contributed by atoms with van der Waals surface area (Å²) in [7, 11) is 0. The van der Waals surface area contributed by atoms with E-state index in [9.17, 15) is 0 Å². The maximum absolute atomic E-state index is 5.69. The van der Waals surface area contributed by atoms with Crippen LogP contribution in [0.25, 0.3) is 0 Å². The van der Waals surface area contributed by atoms with Crippen molar-refractivity contribution in [2.45, 2.75) is 38.3 Å². The SMILES string of the molecule is CC1(C)CNCCN1CC1CCCO1. The van der Waals surface area contributed by atoms with Crippen molar-refractivity contribution in [3.05, 3.63) is 0 Å². The third-order valence-electron chi connectivity index (χ3n) is 3.42. The number of hydrogen-bond donors (Lipinski definition) is 1. The largest absolute Gasteiger partial charge is 0.377 e. The molecule has 14 heavy (non-hydrogen) atoms. The van der Waals surface area contributed by atoms with E-state index in [-0.39, 0.29) is 0 Å². The summed E-state index contributed by atoms with van der Waals surface area (Å²) in [6.45, 7) is 10.1. The second-order valence-corrected chi connectivity index (χ2v) is 5.07. The molecule has 0 aromatic rings. The van der Waals surface area contributed by atoms with E-state index in [1.165, 1.54) is 12.8 Å². The Hall–Kier alpha value is -0.120. The predicted octanol–water partition coefficient (Wildman–Crippen LogP) is 0.849. The minimum atomic E-state index is 0.296. The quantitative estimate of drug-likeness (QED) is 0.712. The molecular weight excluding hydrogens is 176 g/mol. The summed E-state index contributed by atoms with van der Waals surface area (Å²) in [6.07, 6.45) is 2.99. The number of piperazine rings is 1. The van der Waals surface area contributed by atoms with Crippen LogP contribution in [0.1, 0.15) is 26.7 Å². The van der Waals surface area contributed by atoms with Gasteiger partial charge in [0.2, 0.25) is 0 Å². The Morgan fingerprint density at radius 3 is 3.00 bits per heavy atom. The number of nitrogens with one attached hydrogen (secondary N) is 1. The number of rotatable bonds is 2. The van der Waals surface area contributed by atoms with Gasteiger partial charge in [-0.05, 0) is 26.7 Å². The Morgan fingerprint density at radius 2 is 2.36 bits per heavy atom. The highest BCUT2D eigenvalue weighted by Crippen LogP contribution is 2.20. The highest BCUT2D eigenvalue weighted by molar-refractivity contribution is 4.89. The number of hydrogen-bond acceptors (Lipinski definition) is 3. The minimum absolute atomic E-state index is 0.296. The lowest BCUT2D eigenvalue weighted by atomic mass is 9.99. The van der Waals surface area contributed by atoms with Gasteiger partial charge in [-0.15, -0.1) is 0 Å². The molecule has 2 heterocycles. The maximum Gasteiger partial charge on any atom is 0.0703 e. The van der Waals surface area contributed by atoms with E-state index in [4.69, 9.17) is 4.74 Å². The first kappa shape index (κ1) is 10.4. The molecule has 1 unspecified atom stereocenters. The molecule has 2 aliphatic rings. The molecule has 0 saturated carbocycles.